The number of aryl methyl sites for hydroxylation is 1. The number of rotatable bonds is 5. The van der Waals surface area contributed by atoms with Crippen LogP contribution >= 0.6 is 0 Å². The molecule has 90 valence electrons. The molecule has 0 aliphatic carbocycles. The van der Waals surface area contributed by atoms with Gasteiger partial charge in [0.15, 0.2) is 0 Å². The van der Waals surface area contributed by atoms with Crippen molar-refractivity contribution in [2.75, 3.05) is 11.9 Å². The van der Waals surface area contributed by atoms with Crippen molar-refractivity contribution in [3.05, 3.63) is 17.5 Å². The molecule has 0 bridgehead atoms. The zero-order valence-electron chi connectivity index (χ0n) is 10.6. The maximum atomic E-state index is 5.65. The van der Waals surface area contributed by atoms with Crippen molar-refractivity contribution in [2.45, 2.75) is 46.1 Å². The van der Waals surface area contributed by atoms with Crippen LogP contribution in [0.4, 0.5) is 5.95 Å². The number of nitrogens with one attached hydrogen (secondary N) is 1. The van der Waals surface area contributed by atoms with Gasteiger partial charge in [-0.15, -0.1) is 0 Å². The van der Waals surface area contributed by atoms with Crippen LogP contribution in [0.3, 0.4) is 0 Å². The van der Waals surface area contributed by atoms with Crippen molar-refractivity contribution in [3.63, 3.8) is 0 Å². The second-order valence-corrected chi connectivity index (χ2v) is 4.40. The van der Waals surface area contributed by atoms with Gasteiger partial charge in [-0.2, -0.15) is 0 Å². The second kappa shape index (κ2) is 5.80. The first-order chi connectivity index (χ1) is 7.56. The van der Waals surface area contributed by atoms with Crippen molar-refractivity contribution in [2.24, 2.45) is 5.73 Å². The van der Waals surface area contributed by atoms with Crippen molar-refractivity contribution in [1.82, 2.24) is 9.97 Å². The minimum atomic E-state index is 0.252. The first kappa shape index (κ1) is 12.9. The van der Waals surface area contributed by atoms with Gasteiger partial charge in [-0.3, -0.25) is 0 Å². The van der Waals surface area contributed by atoms with Crippen molar-refractivity contribution in [1.29, 1.82) is 0 Å². The summed E-state index contributed by atoms with van der Waals surface area (Å²) in [6.07, 6.45) is 0.977. The van der Waals surface area contributed by atoms with Gasteiger partial charge in [0.2, 0.25) is 5.95 Å². The lowest BCUT2D eigenvalue weighted by Gasteiger charge is -2.16. The Morgan fingerprint density at radius 2 is 2.06 bits per heavy atom. The molecule has 0 aliphatic rings. The number of nitrogens with zero attached hydrogens (tertiary/aromatic N) is 2. The molecule has 0 aliphatic heterocycles. The van der Waals surface area contributed by atoms with Gasteiger partial charge in [-0.25, -0.2) is 9.97 Å². The van der Waals surface area contributed by atoms with E-state index in [1.165, 1.54) is 0 Å². The molecule has 3 N–H and O–H groups in total. The number of nitrogens with two attached hydrogens (primary N) is 1. The molecular formula is C12H22N4. The molecule has 16 heavy (non-hydrogen) atoms. The smallest absolute Gasteiger partial charge is 0.223 e. The molecule has 0 saturated heterocycles. The number of anilines is 1. The summed E-state index contributed by atoms with van der Waals surface area (Å²) in [5, 5.41) is 3.27. The predicted octanol–water partition coefficient (Wildman–Crippen LogP) is 2.06. The van der Waals surface area contributed by atoms with Gasteiger partial charge in [-0.1, -0.05) is 20.8 Å². The van der Waals surface area contributed by atoms with Crippen LogP contribution in [0.2, 0.25) is 0 Å². The minimum Gasteiger partial charge on any atom is -0.350 e. The van der Waals surface area contributed by atoms with E-state index >= 15 is 0 Å². The zero-order chi connectivity index (χ0) is 12.1. The summed E-state index contributed by atoms with van der Waals surface area (Å²) >= 11 is 0. The van der Waals surface area contributed by atoms with Gasteiger partial charge < -0.3 is 11.1 Å². The fraction of sp³-hybridized carbons (Fsp3) is 0.667. The van der Waals surface area contributed by atoms with Gasteiger partial charge >= 0.3 is 0 Å². The highest BCUT2D eigenvalue weighted by atomic mass is 15.1. The summed E-state index contributed by atoms with van der Waals surface area (Å²) in [5.41, 5.74) is 7.71. The molecule has 4 nitrogen and oxygen atoms in total. The normalized spacial score (nSPS) is 12.9. The van der Waals surface area contributed by atoms with E-state index in [0.29, 0.717) is 18.4 Å². The average Bonchev–Trinajstić information content (AvgIpc) is 2.25. The Bertz CT molecular complexity index is 332. The summed E-state index contributed by atoms with van der Waals surface area (Å²) < 4.78 is 0. The third kappa shape index (κ3) is 3.45. The van der Waals surface area contributed by atoms with Crippen LogP contribution < -0.4 is 11.1 Å². The van der Waals surface area contributed by atoms with E-state index in [-0.39, 0.29) is 6.04 Å². The zero-order valence-corrected chi connectivity index (χ0v) is 10.6. The van der Waals surface area contributed by atoms with Crippen molar-refractivity contribution >= 4 is 5.95 Å². The van der Waals surface area contributed by atoms with Crippen LogP contribution in [-0.2, 0) is 0 Å². The second-order valence-electron chi connectivity index (χ2n) is 4.40. The maximum absolute atomic E-state index is 5.65. The lowest BCUT2D eigenvalue weighted by molar-refractivity contribution is 0.691. The largest absolute Gasteiger partial charge is 0.350 e. The maximum Gasteiger partial charge on any atom is 0.223 e. The molecule has 1 aromatic heterocycles. The first-order valence-electron chi connectivity index (χ1n) is 5.89. The monoisotopic (exact) mass is 222 g/mol. The number of hydrogen-bond donors (Lipinski definition) is 2. The Morgan fingerprint density at radius 1 is 1.38 bits per heavy atom. The van der Waals surface area contributed by atoms with Crippen molar-refractivity contribution < 1.29 is 0 Å². The van der Waals surface area contributed by atoms with E-state index in [1.807, 2.05) is 13.0 Å². The molecule has 1 unspecified atom stereocenters. The highest BCUT2D eigenvalue weighted by Crippen LogP contribution is 2.14. The summed E-state index contributed by atoms with van der Waals surface area (Å²) in [6, 6.07) is 2.28. The third-order valence-electron chi connectivity index (χ3n) is 2.58. The molecule has 1 atom stereocenters. The van der Waals surface area contributed by atoms with Gasteiger partial charge in [0.05, 0.1) is 0 Å². The minimum absolute atomic E-state index is 0.252. The quantitative estimate of drug-likeness (QED) is 0.800. The average molecular weight is 222 g/mol. The first-order valence-corrected chi connectivity index (χ1v) is 5.89. The summed E-state index contributed by atoms with van der Waals surface area (Å²) in [7, 11) is 0. The van der Waals surface area contributed by atoms with Gasteiger partial charge in [0.25, 0.3) is 0 Å². The molecule has 0 fully saturated rings. The Labute approximate surface area is 97.7 Å². The van der Waals surface area contributed by atoms with Crippen LogP contribution in [0.15, 0.2) is 6.07 Å². The molecular weight excluding hydrogens is 200 g/mol. The Balaban J connectivity index is 2.87. The molecule has 0 amide bonds. The van der Waals surface area contributed by atoms with E-state index in [0.717, 1.165) is 17.8 Å². The van der Waals surface area contributed by atoms with E-state index in [2.05, 4.69) is 36.1 Å². The van der Waals surface area contributed by atoms with Gasteiger partial charge in [-0.05, 0) is 25.3 Å². The van der Waals surface area contributed by atoms with Gasteiger partial charge in [0, 0.05) is 24.0 Å². The molecule has 0 spiro atoms. The molecule has 1 rings (SSSR count). The summed E-state index contributed by atoms with van der Waals surface area (Å²) in [6.45, 7) is 8.95. The predicted molar refractivity (Wildman–Crippen MR) is 67.6 cm³/mol. The highest BCUT2D eigenvalue weighted by Gasteiger charge is 2.09. The lowest BCUT2D eigenvalue weighted by Crippen LogP contribution is -2.29. The molecule has 0 saturated carbocycles. The number of aromatic nitrogens is 2. The van der Waals surface area contributed by atoms with E-state index in [9.17, 15) is 0 Å². The molecule has 1 aromatic rings. The van der Waals surface area contributed by atoms with E-state index in [4.69, 9.17) is 5.73 Å². The van der Waals surface area contributed by atoms with Crippen molar-refractivity contribution in [3.8, 4) is 0 Å². The lowest BCUT2D eigenvalue weighted by atomic mass is 10.1. The standard InChI is InChI=1S/C12H22N4/c1-5-10(7-13)15-12-14-9(4)6-11(16-12)8(2)3/h6,8,10H,5,7,13H2,1-4H3,(H,14,15,16). The molecule has 0 aromatic carbocycles. The van der Waals surface area contributed by atoms with Gasteiger partial charge in [0.1, 0.15) is 0 Å². The van der Waals surface area contributed by atoms with Crippen LogP contribution in [0.1, 0.15) is 44.5 Å². The van der Waals surface area contributed by atoms with Crippen LogP contribution in [-0.4, -0.2) is 22.6 Å². The number of hydrogen-bond acceptors (Lipinski definition) is 4. The topological polar surface area (TPSA) is 63.8 Å². The Morgan fingerprint density at radius 3 is 2.56 bits per heavy atom. The Hall–Kier alpha value is -1.16. The third-order valence-corrected chi connectivity index (χ3v) is 2.58. The molecule has 1 heterocycles. The van der Waals surface area contributed by atoms with Crippen LogP contribution in [0, 0.1) is 6.92 Å². The SMILES string of the molecule is CCC(CN)Nc1nc(C)cc(C(C)C)n1. The fourth-order valence-corrected chi connectivity index (χ4v) is 1.46. The van der Waals surface area contributed by atoms with Crippen LogP contribution in [0.5, 0.6) is 0 Å². The van der Waals surface area contributed by atoms with Crippen LogP contribution in [0.25, 0.3) is 0 Å². The Kier molecular flexibility index (Phi) is 4.68. The molecule has 4 heteroatoms. The highest BCUT2D eigenvalue weighted by molar-refractivity contribution is 5.30. The summed E-state index contributed by atoms with van der Waals surface area (Å²) in [5.74, 6) is 1.11. The summed E-state index contributed by atoms with van der Waals surface area (Å²) in [4.78, 5) is 8.87. The fourth-order valence-electron chi connectivity index (χ4n) is 1.46. The van der Waals surface area contributed by atoms with E-state index < -0.39 is 0 Å². The van der Waals surface area contributed by atoms with E-state index in [1.54, 1.807) is 0 Å². The molecule has 0 radical (unpaired) electrons.